The normalized spacial score (nSPS) is 12.0. The Hall–Kier alpha value is -1.21. The number of rotatable bonds is 5. The van der Waals surface area contributed by atoms with Gasteiger partial charge in [-0.1, -0.05) is 18.2 Å². The largest absolute Gasteiger partial charge is 0.250 e. The highest BCUT2D eigenvalue weighted by molar-refractivity contribution is 7.91. The van der Waals surface area contributed by atoms with E-state index in [2.05, 4.69) is 22.2 Å². The maximum atomic E-state index is 12.1. The Kier molecular flexibility index (Phi) is 4.12. The minimum Gasteiger partial charge on any atom is -0.210 e. The number of nitrogens with one attached hydrogen (secondary N) is 1. The van der Waals surface area contributed by atoms with Crippen molar-refractivity contribution in [1.29, 1.82) is 0 Å². The fourth-order valence-electron chi connectivity index (χ4n) is 2.17. The third-order valence-electron chi connectivity index (χ3n) is 3.23. The quantitative estimate of drug-likeness (QED) is 0.770. The van der Waals surface area contributed by atoms with Gasteiger partial charge in [-0.15, -0.1) is 22.7 Å². The van der Waals surface area contributed by atoms with E-state index in [0.717, 1.165) is 4.88 Å². The number of hydrogen-bond acceptors (Lipinski definition) is 4. The summed E-state index contributed by atoms with van der Waals surface area (Å²) in [4.78, 5) is 0.999. The first kappa shape index (κ1) is 14.7. The van der Waals surface area contributed by atoms with E-state index in [1.807, 2.05) is 25.1 Å². The smallest absolute Gasteiger partial charge is 0.210 e. The van der Waals surface area contributed by atoms with E-state index in [-0.39, 0.29) is 0 Å². The number of thiophene rings is 2. The van der Waals surface area contributed by atoms with Gasteiger partial charge in [0.25, 0.3) is 0 Å². The molecule has 0 aliphatic rings. The first-order valence-electron chi connectivity index (χ1n) is 6.57. The van der Waals surface area contributed by atoms with Crippen molar-refractivity contribution in [3.05, 3.63) is 52.2 Å². The molecule has 0 atom stereocenters. The lowest BCUT2D eigenvalue weighted by Crippen LogP contribution is -2.25. The van der Waals surface area contributed by atoms with Gasteiger partial charge >= 0.3 is 0 Å². The molecule has 0 aliphatic heterocycles. The number of benzene rings is 1. The van der Waals surface area contributed by atoms with Crippen molar-refractivity contribution in [2.75, 3.05) is 6.54 Å². The average molecular weight is 337 g/mol. The van der Waals surface area contributed by atoms with Crippen LogP contribution in [0.5, 0.6) is 0 Å². The van der Waals surface area contributed by atoms with Gasteiger partial charge in [-0.25, -0.2) is 13.1 Å². The lowest BCUT2D eigenvalue weighted by Gasteiger charge is -2.04. The van der Waals surface area contributed by atoms with E-state index in [0.29, 0.717) is 17.2 Å². The maximum Gasteiger partial charge on any atom is 0.250 e. The fraction of sp³-hybridized carbons (Fsp3) is 0.200. The number of fused-ring (bicyclic) bond motifs is 1. The van der Waals surface area contributed by atoms with Crippen LogP contribution in [0.15, 0.2) is 46.0 Å². The summed E-state index contributed by atoms with van der Waals surface area (Å²) in [5.74, 6) is 0. The number of aryl methyl sites for hydroxylation is 1. The molecule has 6 heteroatoms. The van der Waals surface area contributed by atoms with E-state index in [9.17, 15) is 8.42 Å². The Bertz CT molecular complexity index is 862. The van der Waals surface area contributed by atoms with Crippen LogP contribution in [-0.4, -0.2) is 15.0 Å². The maximum absolute atomic E-state index is 12.1. The number of hydrogen-bond donors (Lipinski definition) is 1. The summed E-state index contributed by atoms with van der Waals surface area (Å²) in [7, 11) is -3.37. The molecule has 2 aromatic heterocycles. The Morgan fingerprint density at radius 3 is 2.71 bits per heavy atom. The summed E-state index contributed by atoms with van der Waals surface area (Å²) in [6, 6.07) is 11.7. The molecule has 1 N–H and O–H groups in total. The van der Waals surface area contributed by atoms with E-state index in [4.69, 9.17) is 0 Å². The summed E-state index contributed by atoms with van der Waals surface area (Å²) < 4.78 is 28.6. The summed E-state index contributed by atoms with van der Waals surface area (Å²) in [6.45, 7) is 2.32. The molecule has 0 radical (unpaired) electrons. The van der Waals surface area contributed by atoms with Gasteiger partial charge in [0.1, 0.15) is 4.21 Å². The van der Waals surface area contributed by atoms with Gasteiger partial charge in [0.2, 0.25) is 10.0 Å². The molecular formula is C15H15NO2S3. The Balaban J connectivity index is 1.69. The predicted octanol–water partition coefficient (Wildman–Crippen LogP) is 3.79. The molecule has 3 aromatic rings. The zero-order chi connectivity index (χ0) is 14.9. The van der Waals surface area contributed by atoms with Crippen LogP contribution < -0.4 is 4.72 Å². The molecule has 0 saturated heterocycles. The monoisotopic (exact) mass is 337 g/mol. The van der Waals surface area contributed by atoms with Gasteiger partial charge in [-0.05, 0) is 47.9 Å². The molecule has 110 valence electrons. The van der Waals surface area contributed by atoms with Gasteiger partial charge in [0.15, 0.2) is 0 Å². The molecule has 3 nitrogen and oxygen atoms in total. The van der Waals surface area contributed by atoms with E-state index in [1.54, 1.807) is 17.4 Å². The van der Waals surface area contributed by atoms with Crippen molar-refractivity contribution < 1.29 is 8.42 Å². The van der Waals surface area contributed by atoms with Crippen molar-refractivity contribution in [2.24, 2.45) is 0 Å². The van der Waals surface area contributed by atoms with Gasteiger partial charge in [0, 0.05) is 16.1 Å². The summed E-state index contributed by atoms with van der Waals surface area (Å²) in [5.41, 5.74) is 1.20. The molecule has 0 saturated carbocycles. The highest BCUT2D eigenvalue weighted by Crippen LogP contribution is 2.26. The molecule has 3 rings (SSSR count). The lowest BCUT2D eigenvalue weighted by atomic mass is 10.1. The third kappa shape index (κ3) is 3.18. The summed E-state index contributed by atoms with van der Waals surface area (Å²) in [5, 5.41) is 3.32. The molecule has 0 unspecified atom stereocenters. The first-order chi connectivity index (χ1) is 10.1. The molecule has 1 aromatic carbocycles. The second kappa shape index (κ2) is 5.88. The lowest BCUT2D eigenvalue weighted by molar-refractivity contribution is 0.584. The van der Waals surface area contributed by atoms with Crippen molar-refractivity contribution in [2.45, 2.75) is 17.6 Å². The van der Waals surface area contributed by atoms with Crippen LogP contribution in [0.3, 0.4) is 0 Å². The van der Waals surface area contributed by atoms with Crippen LogP contribution >= 0.6 is 22.7 Å². The van der Waals surface area contributed by atoms with Crippen LogP contribution in [0.2, 0.25) is 0 Å². The molecule has 21 heavy (non-hydrogen) atoms. The highest BCUT2D eigenvalue weighted by atomic mass is 32.2. The van der Waals surface area contributed by atoms with Crippen LogP contribution in [-0.2, 0) is 16.4 Å². The van der Waals surface area contributed by atoms with Crippen molar-refractivity contribution in [3.63, 3.8) is 0 Å². The topological polar surface area (TPSA) is 46.2 Å². The van der Waals surface area contributed by atoms with Crippen molar-refractivity contribution >= 4 is 42.8 Å². The third-order valence-corrected chi connectivity index (χ3v) is 7.19. The second-order valence-electron chi connectivity index (χ2n) is 4.77. The fourth-order valence-corrected chi connectivity index (χ4v) is 5.53. The molecule has 0 fully saturated rings. The van der Waals surface area contributed by atoms with Crippen LogP contribution in [0.1, 0.15) is 10.4 Å². The van der Waals surface area contributed by atoms with Gasteiger partial charge in [0.05, 0.1) is 0 Å². The highest BCUT2D eigenvalue weighted by Gasteiger charge is 2.15. The van der Waals surface area contributed by atoms with Gasteiger partial charge < -0.3 is 0 Å². The first-order valence-corrected chi connectivity index (χ1v) is 9.75. The summed E-state index contributed by atoms with van der Waals surface area (Å²) >= 11 is 2.99. The van der Waals surface area contributed by atoms with E-state index >= 15 is 0 Å². The zero-order valence-electron chi connectivity index (χ0n) is 11.5. The summed E-state index contributed by atoms with van der Waals surface area (Å²) in [6.07, 6.45) is 0.702. The molecule has 0 spiro atoms. The minimum atomic E-state index is -3.37. The minimum absolute atomic E-state index is 0.384. The Labute approximate surface area is 132 Å². The van der Waals surface area contributed by atoms with E-state index in [1.165, 1.54) is 27.0 Å². The van der Waals surface area contributed by atoms with Crippen LogP contribution in [0.25, 0.3) is 10.1 Å². The van der Waals surface area contributed by atoms with Gasteiger partial charge in [-0.3, -0.25) is 0 Å². The predicted molar refractivity (Wildman–Crippen MR) is 89.8 cm³/mol. The average Bonchev–Trinajstić information content (AvgIpc) is 3.06. The molecule has 0 amide bonds. The molecule has 0 bridgehead atoms. The van der Waals surface area contributed by atoms with E-state index < -0.39 is 10.0 Å². The standard InChI is InChI=1S/C15H15NO2S3/c1-11-6-7-15(20-11)21(17,18)16-9-8-12-10-19-14-5-3-2-4-13(12)14/h2-7,10,16H,8-9H2,1H3. The van der Waals surface area contributed by atoms with Crippen molar-refractivity contribution in [1.82, 2.24) is 4.72 Å². The van der Waals surface area contributed by atoms with Gasteiger partial charge in [-0.2, -0.15) is 0 Å². The van der Waals surface area contributed by atoms with Crippen molar-refractivity contribution in [3.8, 4) is 0 Å². The number of sulfonamides is 1. The zero-order valence-corrected chi connectivity index (χ0v) is 13.9. The Morgan fingerprint density at radius 2 is 1.95 bits per heavy atom. The van der Waals surface area contributed by atoms with Crippen LogP contribution in [0, 0.1) is 6.92 Å². The molecule has 0 aliphatic carbocycles. The molecular weight excluding hydrogens is 322 g/mol. The van der Waals surface area contributed by atoms with Crippen LogP contribution in [0.4, 0.5) is 0 Å². The molecule has 2 heterocycles. The Morgan fingerprint density at radius 1 is 1.14 bits per heavy atom. The second-order valence-corrected chi connectivity index (χ2v) is 8.96. The SMILES string of the molecule is Cc1ccc(S(=O)(=O)NCCc2csc3ccccc23)s1.